The lowest BCUT2D eigenvalue weighted by Gasteiger charge is -2.30. The summed E-state index contributed by atoms with van der Waals surface area (Å²) >= 11 is 0. The molecule has 0 fully saturated rings. The molecule has 0 aromatic carbocycles. The van der Waals surface area contributed by atoms with Crippen molar-refractivity contribution in [3.8, 4) is 0 Å². The van der Waals surface area contributed by atoms with Crippen molar-refractivity contribution in [1.29, 1.82) is 0 Å². The Hall–Kier alpha value is -0.500. The van der Waals surface area contributed by atoms with E-state index in [1.807, 2.05) is 21.1 Å². The number of likely N-dealkylation sites (N-methyl/N-ethyl adjacent to an activating group) is 1. The highest BCUT2D eigenvalue weighted by molar-refractivity contribution is 7.45. The van der Waals surface area contributed by atoms with Crippen LogP contribution in [0.25, 0.3) is 0 Å². The van der Waals surface area contributed by atoms with Crippen LogP contribution in [0.5, 0.6) is 0 Å². The standard InChI is InChI=1S/C57H117N2O6P/c1-6-8-10-12-14-16-18-20-22-23-24-25-26-27-28-29-30-31-32-33-34-35-36-37-39-41-43-45-47-49-51-57(61)58-55(54-65-66(62,63)64-53-52-59(3,4)5)56(60)50-48-46-44-42-40-38-21-19-17-15-13-11-9-7-2/h55-56,60H,6-54H2,1-5H3,(H-,58,61,62,63). The highest BCUT2D eigenvalue weighted by Gasteiger charge is 2.24. The van der Waals surface area contributed by atoms with Gasteiger partial charge in [-0.25, -0.2) is 0 Å². The molecular formula is C57H117N2O6P. The van der Waals surface area contributed by atoms with Gasteiger partial charge >= 0.3 is 0 Å². The van der Waals surface area contributed by atoms with E-state index in [1.165, 1.54) is 244 Å². The second kappa shape index (κ2) is 49.5. The Balaban J connectivity index is 3.98. The summed E-state index contributed by atoms with van der Waals surface area (Å²) in [6.45, 7) is 4.77. The summed E-state index contributed by atoms with van der Waals surface area (Å²) in [7, 11) is 1.32. The number of aliphatic hydroxyl groups is 1. The van der Waals surface area contributed by atoms with Gasteiger partial charge in [-0.1, -0.05) is 290 Å². The largest absolute Gasteiger partial charge is 0.756 e. The first-order valence-electron chi connectivity index (χ1n) is 29.4. The molecule has 0 aromatic rings. The van der Waals surface area contributed by atoms with Crippen molar-refractivity contribution in [3.63, 3.8) is 0 Å². The molecule has 0 saturated carbocycles. The van der Waals surface area contributed by atoms with E-state index in [0.29, 0.717) is 23.9 Å². The molecule has 0 rings (SSSR count). The van der Waals surface area contributed by atoms with Crippen molar-refractivity contribution in [2.24, 2.45) is 0 Å². The molecule has 0 bridgehead atoms. The zero-order valence-electron chi connectivity index (χ0n) is 45.2. The molecule has 0 aliphatic heterocycles. The van der Waals surface area contributed by atoms with Crippen LogP contribution in [0.1, 0.15) is 309 Å². The quantitative estimate of drug-likeness (QED) is 0.0357. The maximum Gasteiger partial charge on any atom is 0.268 e. The topological polar surface area (TPSA) is 108 Å². The van der Waals surface area contributed by atoms with Gasteiger partial charge in [0.2, 0.25) is 5.91 Å². The number of quaternary nitrogens is 1. The Morgan fingerprint density at radius 1 is 0.470 bits per heavy atom. The molecule has 3 atom stereocenters. The number of aliphatic hydroxyl groups excluding tert-OH is 1. The van der Waals surface area contributed by atoms with Gasteiger partial charge in [-0.15, -0.1) is 0 Å². The van der Waals surface area contributed by atoms with Crippen LogP contribution in [0.3, 0.4) is 0 Å². The van der Waals surface area contributed by atoms with Crippen LogP contribution in [0, 0.1) is 0 Å². The van der Waals surface area contributed by atoms with Crippen molar-refractivity contribution in [3.05, 3.63) is 0 Å². The van der Waals surface area contributed by atoms with Gasteiger partial charge in [-0.05, 0) is 12.8 Å². The SMILES string of the molecule is CCCCCCCCCCCCCCCCCCCCCCCCCCCCCCCCC(=O)NC(COP(=O)([O-])OCC[N+](C)(C)C)C(O)CCCCCCCCCCCCCCCC. The summed E-state index contributed by atoms with van der Waals surface area (Å²) in [5.41, 5.74) is 0. The zero-order valence-corrected chi connectivity index (χ0v) is 46.1. The average molecular weight is 958 g/mol. The van der Waals surface area contributed by atoms with E-state index in [2.05, 4.69) is 19.2 Å². The smallest absolute Gasteiger partial charge is 0.268 e. The maximum atomic E-state index is 13.0. The summed E-state index contributed by atoms with van der Waals surface area (Å²) in [4.78, 5) is 25.5. The number of amides is 1. The highest BCUT2D eigenvalue weighted by Crippen LogP contribution is 2.38. The number of rotatable bonds is 55. The molecule has 0 heterocycles. The lowest BCUT2D eigenvalue weighted by molar-refractivity contribution is -0.870. The van der Waals surface area contributed by atoms with Crippen molar-refractivity contribution < 1.29 is 32.9 Å². The molecular weight excluding hydrogens is 840 g/mol. The number of nitrogens with one attached hydrogen (secondary N) is 1. The van der Waals surface area contributed by atoms with Crippen LogP contribution < -0.4 is 10.2 Å². The molecule has 66 heavy (non-hydrogen) atoms. The summed E-state index contributed by atoms with van der Waals surface area (Å²) in [6, 6.07) is -0.794. The molecule has 0 saturated heterocycles. The van der Waals surface area contributed by atoms with E-state index in [1.54, 1.807) is 0 Å². The van der Waals surface area contributed by atoms with E-state index < -0.39 is 20.0 Å². The van der Waals surface area contributed by atoms with E-state index in [-0.39, 0.29) is 19.1 Å². The van der Waals surface area contributed by atoms with Gasteiger partial charge in [-0.3, -0.25) is 9.36 Å². The normalized spacial score (nSPS) is 13.9. The Morgan fingerprint density at radius 3 is 1.03 bits per heavy atom. The fourth-order valence-corrected chi connectivity index (χ4v) is 9.94. The number of nitrogens with zero attached hydrogens (tertiary/aromatic N) is 1. The fraction of sp³-hybridized carbons (Fsp3) is 0.982. The monoisotopic (exact) mass is 957 g/mol. The van der Waals surface area contributed by atoms with E-state index in [9.17, 15) is 19.4 Å². The lowest BCUT2D eigenvalue weighted by Crippen LogP contribution is -2.46. The molecule has 8 nitrogen and oxygen atoms in total. The van der Waals surface area contributed by atoms with Crippen molar-refractivity contribution >= 4 is 13.7 Å². The third-order valence-corrected chi connectivity index (χ3v) is 14.8. The summed E-state index contributed by atoms with van der Waals surface area (Å²) in [6.07, 6.45) is 58.6. The summed E-state index contributed by atoms with van der Waals surface area (Å²) < 4.78 is 23.4. The Labute approximate surface area is 412 Å². The molecule has 396 valence electrons. The highest BCUT2D eigenvalue weighted by atomic mass is 31.2. The van der Waals surface area contributed by atoms with Crippen LogP contribution in [0.2, 0.25) is 0 Å². The molecule has 0 aliphatic rings. The number of hydrogen-bond acceptors (Lipinski definition) is 6. The molecule has 1 amide bonds. The van der Waals surface area contributed by atoms with Crippen LogP contribution in [0.4, 0.5) is 0 Å². The lowest BCUT2D eigenvalue weighted by atomic mass is 10.0. The molecule has 0 aromatic heterocycles. The minimum atomic E-state index is -4.56. The van der Waals surface area contributed by atoms with Gasteiger partial charge in [-0.2, -0.15) is 0 Å². The predicted octanol–water partition coefficient (Wildman–Crippen LogP) is 17.0. The third kappa shape index (κ3) is 51.4. The maximum absolute atomic E-state index is 13.0. The first kappa shape index (κ1) is 65.5. The van der Waals surface area contributed by atoms with Crippen LogP contribution in [0.15, 0.2) is 0 Å². The first-order valence-corrected chi connectivity index (χ1v) is 30.8. The molecule has 3 unspecified atom stereocenters. The fourth-order valence-electron chi connectivity index (χ4n) is 9.22. The van der Waals surface area contributed by atoms with Crippen LogP contribution >= 0.6 is 7.82 Å². The van der Waals surface area contributed by atoms with Gasteiger partial charge in [0.15, 0.2) is 0 Å². The molecule has 9 heteroatoms. The summed E-state index contributed by atoms with van der Waals surface area (Å²) in [5.74, 6) is -0.157. The minimum Gasteiger partial charge on any atom is -0.756 e. The van der Waals surface area contributed by atoms with Crippen LogP contribution in [-0.4, -0.2) is 68.5 Å². The number of carbonyl (C=O) groups excluding carboxylic acids is 1. The van der Waals surface area contributed by atoms with Crippen molar-refractivity contribution in [2.75, 3.05) is 40.9 Å². The van der Waals surface area contributed by atoms with Crippen molar-refractivity contribution in [1.82, 2.24) is 5.32 Å². The van der Waals surface area contributed by atoms with Crippen molar-refractivity contribution in [2.45, 2.75) is 321 Å². The molecule has 0 radical (unpaired) electrons. The number of phosphoric acid groups is 1. The van der Waals surface area contributed by atoms with E-state index in [0.717, 1.165) is 38.5 Å². The van der Waals surface area contributed by atoms with Gasteiger partial charge in [0.25, 0.3) is 7.82 Å². The molecule has 0 aliphatic carbocycles. The number of phosphoric ester groups is 1. The second-order valence-corrected chi connectivity index (χ2v) is 23.1. The van der Waals surface area contributed by atoms with Gasteiger partial charge in [0.05, 0.1) is 39.9 Å². The first-order chi connectivity index (χ1) is 32.0. The van der Waals surface area contributed by atoms with Gasteiger partial charge in [0.1, 0.15) is 13.2 Å². The number of carbonyl (C=O) groups is 1. The molecule has 0 spiro atoms. The van der Waals surface area contributed by atoms with E-state index >= 15 is 0 Å². The summed E-state index contributed by atoms with van der Waals surface area (Å²) in [5, 5.41) is 14.0. The third-order valence-electron chi connectivity index (χ3n) is 13.8. The number of unbranched alkanes of at least 4 members (excludes halogenated alkanes) is 42. The Morgan fingerprint density at radius 2 is 0.742 bits per heavy atom. The average Bonchev–Trinajstić information content (AvgIpc) is 3.28. The van der Waals surface area contributed by atoms with Gasteiger partial charge in [0, 0.05) is 6.42 Å². The second-order valence-electron chi connectivity index (χ2n) is 21.7. The zero-order chi connectivity index (χ0) is 48.5. The van der Waals surface area contributed by atoms with E-state index in [4.69, 9.17) is 9.05 Å². The number of hydrogen-bond donors (Lipinski definition) is 2. The molecule has 2 N–H and O–H groups in total. The predicted molar refractivity (Wildman–Crippen MR) is 284 cm³/mol. The Kier molecular flexibility index (Phi) is 49.1. The van der Waals surface area contributed by atoms with Crippen LogP contribution in [-0.2, 0) is 18.4 Å². The Bertz CT molecular complexity index is 1040. The van der Waals surface area contributed by atoms with Gasteiger partial charge < -0.3 is 28.8 Å². The minimum absolute atomic E-state index is 0.0165.